The first-order valence-corrected chi connectivity index (χ1v) is 9.77. The zero-order valence-electron chi connectivity index (χ0n) is 16.3. The highest BCUT2D eigenvalue weighted by Crippen LogP contribution is 2.47. The SMILES string of the molecule is CN(C)C1NC(=O)C2C(CO)NN(C(c3ccc(C(F)F)c(F)c3)C3CC3)C2N1. The van der Waals surface area contributed by atoms with Crippen LogP contribution in [0.4, 0.5) is 13.2 Å². The Balaban J connectivity index is 1.68. The van der Waals surface area contributed by atoms with Gasteiger partial charge in [0, 0.05) is 0 Å². The van der Waals surface area contributed by atoms with Crippen LogP contribution < -0.4 is 16.1 Å². The molecule has 5 unspecified atom stereocenters. The van der Waals surface area contributed by atoms with Crippen molar-refractivity contribution in [3.8, 4) is 0 Å². The number of amides is 1. The third kappa shape index (κ3) is 3.75. The maximum atomic E-state index is 14.3. The summed E-state index contributed by atoms with van der Waals surface area (Å²) in [4.78, 5) is 14.5. The molecular formula is C19H26F3N5O2. The molecule has 7 nitrogen and oxygen atoms in total. The molecule has 29 heavy (non-hydrogen) atoms. The number of alkyl halides is 2. The van der Waals surface area contributed by atoms with Gasteiger partial charge in [-0.05, 0) is 44.5 Å². The molecule has 4 rings (SSSR count). The van der Waals surface area contributed by atoms with Crippen LogP contribution in [0, 0.1) is 17.7 Å². The third-order valence-corrected chi connectivity index (χ3v) is 5.98. The number of benzene rings is 1. The van der Waals surface area contributed by atoms with E-state index in [0.29, 0.717) is 5.56 Å². The van der Waals surface area contributed by atoms with E-state index >= 15 is 0 Å². The van der Waals surface area contributed by atoms with Crippen LogP contribution in [0.25, 0.3) is 0 Å². The van der Waals surface area contributed by atoms with Crippen LogP contribution in [-0.2, 0) is 4.79 Å². The zero-order valence-corrected chi connectivity index (χ0v) is 16.3. The number of carbonyl (C=O) groups is 1. The van der Waals surface area contributed by atoms with Gasteiger partial charge in [-0.2, -0.15) is 0 Å². The van der Waals surface area contributed by atoms with E-state index in [1.165, 1.54) is 12.1 Å². The quantitative estimate of drug-likeness (QED) is 0.555. The predicted molar refractivity (Wildman–Crippen MR) is 98.7 cm³/mol. The minimum atomic E-state index is -2.87. The van der Waals surface area contributed by atoms with E-state index in [4.69, 9.17) is 0 Å². The van der Waals surface area contributed by atoms with Crippen LogP contribution in [0.1, 0.15) is 36.4 Å². The van der Waals surface area contributed by atoms with E-state index in [0.717, 1.165) is 18.9 Å². The minimum Gasteiger partial charge on any atom is -0.395 e. The second kappa shape index (κ2) is 7.84. The molecule has 1 aliphatic carbocycles. The number of nitrogens with zero attached hydrogens (tertiary/aromatic N) is 2. The highest BCUT2D eigenvalue weighted by atomic mass is 19.3. The van der Waals surface area contributed by atoms with E-state index in [2.05, 4.69) is 16.1 Å². The van der Waals surface area contributed by atoms with Crippen molar-refractivity contribution in [3.05, 3.63) is 35.1 Å². The first kappa shape index (κ1) is 20.5. The highest BCUT2D eigenvalue weighted by Gasteiger charge is 2.53. The summed E-state index contributed by atoms with van der Waals surface area (Å²) in [5.41, 5.74) is 3.18. The summed E-state index contributed by atoms with van der Waals surface area (Å²) < 4.78 is 40.2. The smallest absolute Gasteiger partial charge is 0.266 e. The Morgan fingerprint density at radius 3 is 2.59 bits per heavy atom. The Labute approximate surface area is 167 Å². The second-order valence-electron chi connectivity index (χ2n) is 8.20. The molecule has 160 valence electrons. The Hall–Kier alpha value is -1.72. The highest BCUT2D eigenvalue weighted by molar-refractivity contribution is 5.81. The number of aliphatic hydroxyl groups excluding tert-OH is 1. The van der Waals surface area contributed by atoms with Crippen LogP contribution in [-0.4, -0.2) is 60.1 Å². The van der Waals surface area contributed by atoms with Crippen molar-refractivity contribution >= 4 is 5.91 Å². The third-order valence-electron chi connectivity index (χ3n) is 5.98. The lowest BCUT2D eigenvalue weighted by molar-refractivity contribution is -0.134. The van der Waals surface area contributed by atoms with Crippen LogP contribution in [0.2, 0.25) is 0 Å². The lowest BCUT2D eigenvalue weighted by atomic mass is 9.94. The maximum Gasteiger partial charge on any atom is 0.266 e. The molecule has 3 fully saturated rings. The summed E-state index contributed by atoms with van der Waals surface area (Å²) in [5.74, 6) is -1.45. The van der Waals surface area contributed by atoms with E-state index in [9.17, 15) is 23.1 Å². The number of carbonyl (C=O) groups excluding carboxylic acids is 1. The monoisotopic (exact) mass is 413 g/mol. The molecule has 4 N–H and O–H groups in total. The molecule has 1 saturated carbocycles. The molecule has 0 radical (unpaired) electrons. The molecule has 10 heteroatoms. The summed E-state index contributed by atoms with van der Waals surface area (Å²) >= 11 is 0. The lowest BCUT2D eigenvalue weighted by Crippen LogP contribution is -2.68. The lowest BCUT2D eigenvalue weighted by Gasteiger charge is -2.42. The van der Waals surface area contributed by atoms with Crippen LogP contribution in [0.3, 0.4) is 0 Å². The normalized spacial score (nSPS) is 31.2. The Morgan fingerprint density at radius 1 is 1.31 bits per heavy atom. The summed E-state index contributed by atoms with van der Waals surface area (Å²) in [6, 6.07) is 3.03. The van der Waals surface area contributed by atoms with Crippen molar-refractivity contribution in [2.75, 3.05) is 20.7 Å². The van der Waals surface area contributed by atoms with Gasteiger partial charge >= 0.3 is 0 Å². The number of hydrogen-bond acceptors (Lipinski definition) is 6. The van der Waals surface area contributed by atoms with Crippen molar-refractivity contribution in [1.82, 2.24) is 26.0 Å². The Morgan fingerprint density at radius 2 is 2.03 bits per heavy atom. The van der Waals surface area contributed by atoms with Crippen molar-refractivity contribution in [3.63, 3.8) is 0 Å². The number of hydrazine groups is 1. The molecule has 1 amide bonds. The molecule has 0 spiro atoms. The van der Waals surface area contributed by atoms with Gasteiger partial charge in [0.2, 0.25) is 5.91 Å². The molecule has 5 atom stereocenters. The summed E-state index contributed by atoms with van der Waals surface area (Å²) in [6.45, 7) is -0.241. The maximum absolute atomic E-state index is 14.3. The van der Waals surface area contributed by atoms with E-state index < -0.39 is 42.2 Å². The van der Waals surface area contributed by atoms with E-state index in [-0.39, 0.29) is 24.5 Å². The number of nitrogens with one attached hydrogen (secondary N) is 3. The molecule has 3 aliphatic rings. The Bertz CT molecular complexity index is 776. The number of hydrogen-bond donors (Lipinski definition) is 4. The topological polar surface area (TPSA) is 79.9 Å². The minimum absolute atomic E-state index is 0.185. The van der Waals surface area contributed by atoms with Crippen molar-refractivity contribution in [2.45, 2.75) is 43.8 Å². The number of rotatable bonds is 6. The Kier molecular flexibility index (Phi) is 5.56. The average molecular weight is 413 g/mol. The zero-order chi connectivity index (χ0) is 20.9. The standard InChI is InChI=1S/C19H26F3N5O2/c1-26(2)19-23-17-14(18(29)24-19)13(8-28)25-27(17)15(9-3-4-9)10-5-6-11(16(21)22)12(20)7-10/h5-7,9,13-17,19,23,25,28H,3-4,8H2,1-2H3,(H,24,29). The average Bonchev–Trinajstić information content (AvgIpc) is 3.42. The van der Waals surface area contributed by atoms with Gasteiger partial charge in [-0.1, -0.05) is 12.1 Å². The van der Waals surface area contributed by atoms with Crippen LogP contribution in [0.15, 0.2) is 18.2 Å². The summed E-state index contributed by atoms with van der Waals surface area (Å²) in [6.07, 6.45) is -1.86. The first-order valence-electron chi connectivity index (χ1n) is 9.77. The molecule has 1 aromatic carbocycles. The molecule has 2 heterocycles. The van der Waals surface area contributed by atoms with Gasteiger partial charge in [0.15, 0.2) is 0 Å². The second-order valence-corrected chi connectivity index (χ2v) is 8.20. The molecule has 2 saturated heterocycles. The summed E-state index contributed by atoms with van der Waals surface area (Å²) in [5, 5.41) is 17.9. The van der Waals surface area contributed by atoms with Gasteiger partial charge in [-0.25, -0.2) is 23.6 Å². The van der Waals surface area contributed by atoms with Gasteiger partial charge in [-0.15, -0.1) is 0 Å². The molecule has 0 aromatic heterocycles. The van der Waals surface area contributed by atoms with Gasteiger partial charge in [-0.3, -0.25) is 15.0 Å². The van der Waals surface area contributed by atoms with Crippen LogP contribution in [0.5, 0.6) is 0 Å². The first-order chi connectivity index (χ1) is 13.8. The molecular weight excluding hydrogens is 387 g/mol. The molecule has 0 bridgehead atoms. The van der Waals surface area contributed by atoms with Crippen molar-refractivity contribution in [1.29, 1.82) is 0 Å². The van der Waals surface area contributed by atoms with Crippen LogP contribution >= 0.6 is 0 Å². The fourth-order valence-corrected chi connectivity index (χ4v) is 4.35. The predicted octanol–water partition coefficient (Wildman–Crippen LogP) is 0.902. The van der Waals surface area contributed by atoms with Crippen molar-refractivity contribution < 1.29 is 23.1 Å². The molecule has 1 aromatic rings. The van der Waals surface area contributed by atoms with E-state index in [1.807, 2.05) is 24.0 Å². The van der Waals surface area contributed by atoms with Gasteiger partial charge < -0.3 is 10.4 Å². The van der Waals surface area contributed by atoms with Gasteiger partial charge in [0.05, 0.1) is 36.3 Å². The summed E-state index contributed by atoms with van der Waals surface area (Å²) in [7, 11) is 3.65. The fraction of sp³-hybridized carbons (Fsp3) is 0.632. The van der Waals surface area contributed by atoms with Gasteiger partial charge in [0.1, 0.15) is 12.1 Å². The number of halogens is 3. The number of fused-ring (bicyclic) bond motifs is 1. The van der Waals surface area contributed by atoms with Crippen molar-refractivity contribution in [2.24, 2.45) is 11.8 Å². The molecule has 2 aliphatic heterocycles. The van der Waals surface area contributed by atoms with Gasteiger partial charge in [0.25, 0.3) is 6.43 Å². The fourth-order valence-electron chi connectivity index (χ4n) is 4.35. The largest absolute Gasteiger partial charge is 0.395 e. The van der Waals surface area contributed by atoms with E-state index in [1.54, 1.807) is 0 Å². The number of aliphatic hydroxyl groups is 1.